The van der Waals surface area contributed by atoms with Crippen molar-refractivity contribution in [2.45, 2.75) is 59.7 Å². The lowest BCUT2D eigenvalue weighted by Crippen LogP contribution is -2.34. The van der Waals surface area contributed by atoms with Gasteiger partial charge in [-0.3, -0.25) is 9.69 Å². The summed E-state index contributed by atoms with van der Waals surface area (Å²) < 4.78 is 7.68. The maximum Gasteiger partial charge on any atom is 0.220 e. The van der Waals surface area contributed by atoms with E-state index < -0.39 is 0 Å². The highest BCUT2D eigenvalue weighted by Gasteiger charge is 2.27. The molecule has 1 atom stereocenters. The van der Waals surface area contributed by atoms with Crippen molar-refractivity contribution in [2.24, 2.45) is 5.92 Å². The lowest BCUT2D eigenvalue weighted by Gasteiger charge is -2.23. The summed E-state index contributed by atoms with van der Waals surface area (Å²) in [6.07, 6.45) is 1.25. The first-order valence-electron chi connectivity index (χ1n) is 10.8. The number of ether oxygens (including phenoxy) is 1. The average molecular weight is 416 g/mol. The van der Waals surface area contributed by atoms with Crippen molar-refractivity contribution in [1.29, 1.82) is 0 Å². The van der Waals surface area contributed by atoms with Crippen molar-refractivity contribution >= 4 is 5.91 Å². The van der Waals surface area contributed by atoms with Crippen LogP contribution < -0.4 is 10.1 Å². The number of aromatic hydroxyl groups is 1. The molecule has 0 radical (unpaired) electrons. The number of amides is 1. The summed E-state index contributed by atoms with van der Waals surface area (Å²) in [6, 6.07) is 5.39. The Labute approximate surface area is 178 Å². The predicted octanol–water partition coefficient (Wildman–Crippen LogP) is 2.66. The van der Waals surface area contributed by atoms with Gasteiger partial charge < -0.3 is 19.7 Å². The van der Waals surface area contributed by atoms with E-state index in [0.29, 0.717) is 18.8 Å². The van der Waals surface area contributed by atoms with Crippen LogP contribution in [0, 0.1) is 5.92 Å². The highest BCUT2D eigenvalue weighted by atomic mass is 16.5. The van der Waals surface area contributed by atoms with Crippen LogP contribution >= 0.6 is 0 Å². The van der Waals surface area contributed by atoms with Gasteiger partial charge in [-0.15, -0.1) is 10.2 Å². The fourth-order valence-electron chi connectivity index (χ4n) is 3.77. The van der Waals surface area contributed by atoms with Gasteiger partial charge in [0.15, 0.2) is 17.3 Å². The topological polar surface area (TPSA) is 92.5 Å². The number of nitrogens with one attached hydrogen (secondary N) is 1. The maximum atomic E-state index is 12.0. The van der Waals surface area contributed by atoms with Crippen LogP contribution in [-0.4, -0.2) is 50.4 Å². The molecule has 1 aliphatic heterocycles. The first-order valence-corrected chi connectivity index (χ1v) is 10.8. The summed E-state index contributed by atoms with van der Waals surface area (Å²) in [5.74, 6) is 2.74. The van der Waals surface area contributed by atoms with Crippen LogP contribution in [0.25, 0.3) is 0 Å². The molecular formula is C22H33N5O3. The summed E-state index contributed by atoms with van der Waals surface area (Å²) in [7, 11) is 0. The molecule has 164 valence electrons. The van der Waals surface area contributed by atoms with E-state index in [0.717, 1.165) is 49.8 Å². The third-order valence-corrected chi connectivity index (χ3v) is 5.46. The van der Waals surface area contributed by atoms with Gasteiger partial charge in [0.05, 0.1) is 12.6 Å². The number of rotatable bonds is 8. The molecule has 0 fully saturated rings. The molecule has 30 heavy (non-hydrogen) atoms. The van der Waals surface area contributed by atoms with Crippen molar-refractivity contribution in [3.8, 4) is 11.5 Å². The highest BCUT2D eigenvalue weighted by Crippen LogP contribution is 2.28. The van der Waals surface area contributed by atoms with E-state index in [1.54, 1.807) is 6.07 Å². The Kier molecular flexibility index (Phi) is 7.31. The fourth-order valence-corrected chi connectivity index (χ4v) is 3.77. The lowest BCUT2D eigenvalue weighted by molar-refractivity contribution is -0.121. The molecule has 0 aliphatic carbocycles. The van der Waals surface area contributed by atoms with Gasteiger partial charge in [0.2, 0.25) is 5.91 Å². The predicted molar refractivity (Wildman–Crippen MR) is 114 cm³/mol. The smallest absolute Gasteiger partial charge is 0.220 e. The van der Waals surface area contributed by atoms with E-state index in [1.165, 1.54) is 0 Å². The average Bonchev–Trinajstić information content (AvgIpc) is 3.02. The van der Waals surface area contributed by atoms with Crippen molar-refractivity contribution in [2.75, 3.05) is 19.7 Å². The Hall–Kier alpha value is -2.61. The Morgan fingerprint density at radius 1 is 1.23 bits per heavy atom. The third kappa shape index (κ3) is 5.11. The summed E-state index contributed by atoms with van der Waals surface area (Å²) in [5.41, 5.74) is 1.10. The van der Waals surface area contributed by atoms with Crippen LogP contribution in [0.2, 0.25) is 0 Å². The van der Waals surface area contributed by atoms with Crippen LogP contribution in [-0.2, 0) is 24.3 Å². The summed E-state index contributed by atoms with van der Waals surface area (Å²) >= 11 is 0. The van der Waals surface area contributed by atoms with Crippen LogP contribution in [0.5, 0.6) is 11.5 Å². The van der Waals surface area contributed by atoms with Gasteiger partial charge in [-0.25, -0.2) is 0 Å². The maximum absolute atomic E-state index is 12.0. The number of nitrogens with zero attached hydrogens (tertiary/aromatic N) is 4. The van der Waals surface area contributed by atoms with Crippen molar-refractivity contribution < 1.29 is 14.6 Å². The normalized spacial score (nSPS) is 15.5. The standard InChI is InChI=1S/C22H33N5O3/c1-5-20(29)23-21(15(3)4)22-25-24-19-9-10-26(11-12-27(19)22)14-16-7-8-17(28)18(13-16)30-6-2/h7-8,13,15,21,28H,5-6,9-12,14H2,1-4H3,(H,23,29)/t21-/m0/s1. The molecule has 0 spiro atoms. The zero-order chi connectivity index (χ0) is 21.7. The molecule has 1 aliphatic rings. The van der Waals surface area contributed by atoms with Gasteiger partial charge >= 0.3 is 0 Å². The van der Waals surface area contributed by atoms with Crippen molar-refractivity contribution in [3.05, 3.63) is 35.4 Å². The molecule has 0 unspecified atom stereocenters. The first-order chi connectivity index (χ1) is 14.4. The van der Waals surface area contributed by atoms with E-state index >= 15 is 0 Å². The number of hydrogen-bond donors (Lipinski definition) is 2. The number of carbonyl (C=O) groups excluding carboxylic acids is 1. The SMILES string of the molecule is CCOc1cc(CN2CCc3nnc([C@@H](NC(=O)CC)C(C)C)n3CC2)ccc1O. The van der Waals surface area contributed by atoms with E-state index in [1.807, 2.05) is 26.0 Å². The van der Waals surface area contributed by atoms with Crippen LogP contribution in [0.15, 0.2) is 18.2 Å². The number of phenols is 1. The molecule has 3 rings (SSSR count). The minimum Gasteiger partial charge on any atom is -0.504 e. The molecule has 2 heterocycles. The number of carbonyl (C=O) groups is 1. The molecule has 2 aromatic rings. The Balaban J connectivity index is 1.72. The van der Waals surface area contributed by atoms with Gasteiger partial charge in [-0.1, -0.05) is 26.8 Å². The number of phenolic OH excluding ortho intramolecular Hbond substituents is 1. The number of hydrogen-bond acceptors (Lipinski definition) is 6. The summed E-state index contributed by atoms with van der Waals surface area (Å²) in [4.78, 5) is 14.4. The Morgan fingerprint density at radius 3 is 2.73 bits per heavy atom. The van der Waals surface area contributed by atoms with Crippen LogP contribution in [0.4, 0.5) is 0 Å². The van der Waals surface area contributed by atoms with Gasteiger partial charge in [-0.2, -0.15) is 0 Å². The quantitative estimate of drug-likeness (QED) is 0.689. The molecule has 1 aromatic carbocycles. The number of fused-ring (bicyclic) bond motifs is 1. The van der Waals surface area contributed by atoms with Gasteiger partial charge in [0.25, 0.3) is 0 Å². The van der Waals surface area contributed by atoms with Gasteiger partial charge in [0.1, 0.15) is 5.82 Å². The molecule has 0 saturated heterocycles. The second-order valence-corrected chi connectivity index (χ2v) is 8.03. The summed E-state index contributed by atoms with van der Waals surface area (Å²) in [5, 5.41) is 21.9. The molecule has 1 amide bonds. The Bertz CT molecular complexity index is 864. The van der Waals surface area contributed by atoms with E-state index in [4.69, 9.17) is 4.74 Å². The van der Waals surface area contributed by atoms with Gasteiger partial charge in [0, 0.05) is 39.0 Å². The second kappa shape index (κ2) is 9.93. The molecule has 2 N–H and O–H groups in total. The zero-order valence-electron chi connectivity index (χ0n) is 18.4. The molecule has 8 heteroatoms. The van der Waals surface area contributed by atoms with Crippen LogP contribution in [0.1, 0.15) is 57.4 Å². The van der Waals surface area contributed by atoms with Gasteiger partial charge in [-0.05, 0) is 30.5 Å². The largest absolute Gasteiger partial charge is 0.504 e. The first kappa shape index (κ1) is 22.1. The lowest BCUT2D eigenvalue weighted by atomic mass is 10.0. The Morgan fingerprint density at radius 2 is 2.03 bits per heavy atom. The molecule has 1 aromatic heterocycles. The zero-order valence-corrected chi connectivity index (χ0v) is 18.4. The monoisotopic (exact) mass is 415 g/mol. The van der Waals surface area contributed by atoms with E-state index in [2.05, 4.69) is 38.8 Å². The second-order valence-electron chi connectivity index (χ2n) is 8.03. The van der Waals surface area contributed by atoms with E-state index in [9.17, 15) is 9.90 Å². The minimum atomic E-state index is -0.143. The molecule has 8 nitrogen and oxygen atoms in total. The molecule has 0 bridgehead atoms. The number of benzene rings is 1. The van der Waals surface area contributed by atoms with Crippen LogP contribution in [0.3, 0.4) is 0 Å². The van der Waals surface area contributed by atoms with Crippen molar-refractivity contribution in [1.82, 2.24) is 25.0 Å². The highest BCUT2D eigenvalue weighted by molar-refractivity contribution is 5.75. The minimum absolute atomic E-state index is 0.0266. The summed E-state index contributed by atoms with van der Waals surface area (Å²) in [6.45, 7) is 11.7. The number of aromatic nitrogens is 3. The molecule has 0 saturated carbocycles. The molecular weight excluding hydrogens is 382 g/mol. The van der Waals surface area contributed by atoms with Crippen molar-refractivity contribution in [3.63, 3.8) is 0 Å². The fraction of sp³-hybridized carbons (Fsp3) is 0.591. The van der Waals surface area contributed by atoms with E-state index in [-0.39, 0.29) is 23.6 Å². The third-order valence-electron chi connectivity index (χ3n) is 5.46.